The number of amides is 1. The van der Waals surface area contributed by atoms with Crippen LogP contribution in [-0.2, 0) is 0 Å². The van der Waals surface area contributed by atoms with Gasteiger partial charge in [0, 0.05) is 23.4 Å². The van der Waals surface area contributed by atoms with Crippen molar-refractivity contribution < 1.29 is 4.79 Å². The lowest BCUT2D eigenvalue weighted by Gasteiger charge is -2.12. The SMILES string of the molecule is CNc1ccnc(C(=O)Nc2c(C)cc(C)cc2Br)c1. The molecule has 0 aliphatic heterocycles. The van der Waals surface area contributed by atoms with Gasteiger partial charge in [-0.15, -0.1) is 0 Å². The Kier molecular flexibility index (Phi) is 4.39. The quantitative estimate of drug-likeness (QED) is 0.899. The number of aryl methyl sites for hydroxylation is 2. The third kappa shape index (κ3) is 3.17. The van der Waals surface area contributed by atoms with E-state index >= 15 is 0 Å². The van der Waals surface area contributed by atoms with Gasteiger partial charge in [-0.3, -0.25) is 9.78 Å². The molecule has 0 saturated carbocycles. The first-order valence-corrected chi connectivity index (χ1v) is 7.02. The molecule has 20 heavy (non-hydrogen) atoms. The summed E-state index contributed by atoms with van der Waals surface area (Å²) in [5.41, 5.74) is 4.16. The Morgan fingerprint density at radius 1 is 1.25 bits per heavy atom. The van der Waals surface area contributed by atoms with Crippen LogP contribution in [-0.4, -0.2) is 17.9 Å². The van der Waals surface area contributed by atoms with E-state index in [1.807, 2.05) is 32.0 Å². The smallest absolute Gasteiger partial charge is 0.274 e. The number of hydrogen-bond acceptors (Lipinski definition) is 3. The molecule has 2 N–H and O–H groups in total. The molecular weight excluding hydrogens is 318 g/mol. The highest BCUT2D eigenvalue weighted by molar-refractivity contribution is 9.10. The van der Waals surface area contributed by atoms with Crippen molar-refractivity contribution in [2.75, 3.05) is 17.7 Å². The maximum atomic E-state index is 12.2. The molecule has 1 amide bonds. The summed E-state index contributed by atoms with van der Waals surface area (Å²) in [6.45, 7) is 3.98. The summed E-state index contributed by atoms with van der Waals surface area (Å²) >= 11 is 3.48. The van der Waals surface area contributed by atoms with Gasteiger partial charge in [-0.05, 0) is 59.1 Å². The second-order valence-corrected chi connectivity index (χ2v) is 5.43. The molecule has 2 rings (SSSR count). The van der Waals surface area contributed by atoms with Crippen LogP contribution in [0.2, 0.25) is 0 Å². The second-order valence-electron chi connectivity index (χ2n) is 4.57. The van der Waals surface area contributed by atoms with Crippen molar-refractivity contribution in [3.8, 4) is 0 Å². The average Bonchev–Trinajstić information content (AvgIpc) is 2.42. The molecule has 0 unspecified atom stereocenters. The Labute approximate surface area is 126 Å². The van der Waals surface area contributed by atoms with Crippen LogP contribution in [0.3, 0.4) is 0 Å². The predicted octanol–water partition coefficient (Wildman–Crippen LogP) is 3.75. The molecule has 0 saturated heterocycles. The highest BCUT2D eigenvalue weighted by atomic mass is 79.9. The molecular formula is C15H16BrN3O. The first-order chi connectivity index (χ1) is 9.51. The zero-order valence-electron chi connectivity index (χ0n) is 11.6. The normalized spacial score (nSPS) is 10.2. The molecule has 0 spiro atoms. The molecule has 1 aromatic carbocycles. The summed E-state index contributed by atoms with van der Waals surface area (Å²) in [4.78, 5) is 16.3. The van der Waals surface area contributed by atoms with Crippen molar-refractivity contribution in [2.24, 2.45) is 0 Å². The van der Waals surface area contributed by atoms with Crippen LogP contribution >= 0.6 is 15.9 Å². The standard InChI is InChI=1S/C15H16BrN3O/c1-9-6-10(2)14(12(16)7-9)19-15(20)13-8-11(17-3)4-5-18-13/h4-8H,1-3H3,(H,17,18)(H,19,20). The van der Waals surface area contributed by atoms with E-state index in [1.54, 1.807) is 19.3 Å². The van der Waals surface area contributed by atoms with Crippen LogP contribution in [0, 0.1) is 13.8 Å². The summed E-state index contributed by atoms with van der Waals surface area (Å²) < 4.78 is 0.869. The third-order valence-electron chi connectivity index (χ3n) is 2.95. The van der Waals surface area contributed by atoms with Crippen molar-refractivity contribution >= 4 is 33.2 Å². The molecule has 104 valence electrons. The Hall–Kier alpha value is -1.88. The van der Waals surface area contributed by atoms with E-state index in [9.17, 15) is 4.79 Å². The predicted molar refractivity (Wildman–Crippen MR) is 85.4 cm³/mol. The maximum absolute atomic E-state index is 12.2. The largest absolute Gasteiger partial charge is 0.388 e. The number of pyridine rings is 1. The zero-order valence-corrected chi connectivity index (χ0v) is 13.2. The minimum atomic E-state index is -0.227. The molecule has 0 aliphatic rings. The van der Waals surface area contributed by atoms with Gasteiger partial charge in [0.15, 0.2) is 0 Å². The molecule has 0 radical (unpaired) electrons. The van der Waals surface area contributed by atoms with Gasteiger partial charge in [-0.1, -0.05) is 6.07 Å². The van der Waals surface area contributed by atoms with Crippen LogP contribution in [0.15, 0.2) is 34.9 Å². The molecule has 1 aromatic heterocycles. The van der Waals surface area contributed by atoms with Gasteiger partial charge < -0.3 is 10.6 Å². The molecule has 0 atom stereocenters. The number of rotatable bonds is 3. The summed E-state index contributed by atoms with van der Waals surface area (Å²) in [5.74, 6) is -0.227. The maximum Gasteiger partial charge on any atom is 0.274 e. The Balaban J connectivity index is 2.28. The average molecular weight is 334 g/mol. The Bertz CT molecular complexity index is 632. The highest BCUT2D eigenvalue weighted by Gasteiger charge is 2.12. The van der Waals surface area contributed by atoms with Gasteiger partial charge in [-0.25, -0.2) is 0 Å². The second kappa shape index (κ2) is 6.05. The number of carbonyl (C=O) groups is 1. The fraction of sp³-hybridized carbons (Fsp3) is 0.200. The molecule has 4 nitrogen and oxygen atoms in total. The third-order valence-corrected chi connectivity index (χ3v) is 3.58. The molecule has 0 bridgehead atoms. The number of carbonyl (C=O) groups excluding carboxylic acids is 1. The van der Waals surface area contributed by atoms with Crippen molar-refractivity contribution in [1.29, 1.82) is 0 Å². The Morgan fingerprint density at radius 2 is 2.00 bits per heavy atom. The van der Waals surface area contributed by atoms with Crippen molar-refractivity contribution in [3.05, 3.63) is 51.8 Å². The summed E-state index contributed by atoms with van der Waals surface area (Å²) in [6, 6.07) is 7.52. The molecule has 0 aliphatic carbocycles. The van der Waals surface area contributed by atoms with E-state index in [0.717, 1.165) is 27.0 Å². The van der Waals surface area contributed by atoms with Gasteiger partial charge in [-0.2, -0.15) is 0 Å². The lowest BCUT2D eigenvalue weighted by atomic mass is 10.1. The fourth-order valence-electron chi connectivity index (χ4n) is 1.96. The van der Waals surface area contributed by atoms with Crippen LogP contribution in [0.25, 0.3) is 0 Å². The molecule has 1 heterocycles. The molecule has 2 aromatic rings. The van der Waals surface area contributed by atoms with Crippen molar-refractivity contribution in [1.82, 2.24) is 4.98 Å². The number of benzene rings is 1. The number of nitrogens with zero attached hydrogens (tertiary/aromatic N) is 1. The van der Waals surface area contributed by atoms with Gasteiger partial charge >= 0.3 is 0 Å². The van der Waals surface area contributed by atoms with Crippen LogP contribution in [0.4, 0.5) is 11.4 Å². The van der Waals surface area contributed by atoms with E-state index in [0.29, 0.717) is 5.69 Å². The Morgan fingerprint density at radius 3 is 2.65 bits per heavy atom. The number of anilines is 2. The lowest BCUT2D eigenvalue weighted by Crippen LogP contribution is -2.15. The van der Waals surface area contributed by atoms with Gasteiger partial charge in [0.1, 0.15) is 5.69 Å². The lowest BCUT2D eigenvalue weighted by molar-refractivity contribution is 0.102. The first-order valence-electron chi connectivity index (χ1n) is 6.23. The van der Waals surface area contributed by atoms with E-state index < -0.39 is 0 Å². The number of nitrogens with one attached hydrogen (secondary N) is 2. The van der Waals surface area contributed by atoms with Gasteiger partial charge in [0.2, 0.25) is 0 Å². The zero-order chi connectivity index (χ0) is 14.7. The van der Waals surface area contributed by atoms with Crippen LogP contribution in [0.1, 0.15) is 21.6 Å². The van der Waals surface area contributed by atoms with E-state index in [-0.39, 0.29) is 5.91 Å². The van der Waals surface area contributed by atoms with Crippen molar-refractivity contribution in [2.45, 2.75) is 13.8 Å². The fourth-order valence-corrected chi connectivity index (χ4v) is 2.73. The minimum Gasteiger partial charge on any atom is -0.388 e. The summed E-state index contributed by atoms with van der Waals surface area (Å²) in [7, 11) is 1.80. The molecule has 5 heteroatoms. The van der Waals surface area contributed by atoms with Gasteiger partial charge in [0.25, 0.3) is 5.91 Å². The van der Waals surface area contributed by atoms with Crippen LogP contribution < -0.4 is 10.6 Å². The van der Waals surface area contributed by atoms with E-state index in [4.69, 9.17) is 0 Å². The number of halogens is 1. The van der Waals surface area contributed by atoms with E-state index in [1.165, 1.54) is 0 Å². The highest BCUT2D eigenvalue weighted by Crippen LogP contribution is 2.28. The monoisotopic (exact) mass is 333 g/mol. The summed E-state index contributed by atoms with van der Waals surface area (Å²) in [5, 5.41) is 5.88. The number of hydrogen-bond donors (Lipinski definition) is 2. The van der Waals surface area contributed by atoms with Crippen molar-refractivity contribution in [3.63, 3.8) is 0 Å². The van der Waals surface area contributed by atoms with E-state index in [2.05, 4.69) is 31.5 Å². The van der Waals surface area contributed by atoms with Gasteiger partial charge in [0.05, 0.1) is 5.69 Å². The van der Waals surface area contributed by atoms with Crippen LogP contribution in [0.5, 0.6) is 0 Å². The summed E-state index contributed by atoms with van der Waals surface area (Å²) in [6.07, 6.45) is 1.61. The first kappa shape index (κ1) is 14.5. The number of aromatic nitrogens is 1. The molecule has 0 fully saturated rings. The minimum absolute atomic E-state index is 0.227. The topological polar surface area (TPSA) is 54.0 Å².